The molecule has 1 aromatic carbocycles. The molecule has 1 fully saturated rings. The molecule has 3 unspecified atom stereocenters. The molecule has 1 nitrogen and oxygen atoms in total. The van der Waals surface area contributed by atoms with Crippen LogP contribution in [0.15, 0.2) is 18.2 Å². The van der Waals surface area contributed by atoms with Crippen LogP contribution in [0, 0.1) is 11.8 Å². The molecule has 0 aromatic heterocycles. The molecule has 3 heteroatoms. The lowest BCUT2D eigenvalue weighted by Crippen LogP contribution is -2.37. The van der Waals surface area contributed by atoms with Crippen LogP contribution >= 0.6 is 23.2 Å². The average Bonchev–Trinajstić information content (AvgIpc) is 2.38. The Morgan fingerprint density at radius 3 is 2.55 bits per heavy atom. The fourth-order valence-corrected chi connectivity index (χ4v) is 3.85. The number of rotatable bonds is 4. The average molecular weight is 314 g/mol. The molecule has 112 valence electrons. The first-order chi connectivity index (χ1) is 9.47. The van der Waals surface area contributed by atoms with Crippen LogP contribution in [-0.4, -0.2) is 6.04 Å². The molecule has 1 aromatic rings. The summed E-state index contributed by atoms with van der Waals surface area (Å²) >= 11 is 12.3. The van der Waals surface area contributed by atoms with Gasteiger partial charge >= 0.3 is 0 Å². The van der Waals surface area contributed by atoms with E-state index in [1.54, 1.807) is 0 Å². The molecule has 0 saturated heterocycles. The normalized spacial score (nSPS) is 24.9. The van der Waals surface area contributed by atoms with E-state index in [1.165, 1.54) is 25.7 Å². The van der Waals surface area contributed by atoms with Crippen molar-refractivity contribution >= 4 is 23.2 Å². The Morgan fingerprint density at radius 1 is 1.15 bits per heavy atom. The van der Waals surface area contributed by atoms with Crippen molar-refractivity contribution in [3.05, 3.63) is 33.8 Å². The van der Waals surface area contributed by atoms with Crippen LogP contribution in [0.5, 0.6) is 0 Å². The first kappa shape index (κ1) is 16.1. The van der Waals surface area contributed by atoms with Gasteiger partial charge in [-0.3, -0.25) is 0 Å². The summed E-state index contributed by atoms with van der Waals surface area (Å²) in [5.74, 6) is 1.64. The predicted octanol–water partition coefficient (Wildman–Crippen LogP) is 5.86. The van der Waals surface area contributed by atoms with E-state index in [0.29, 0.717) is 11.1 Å². The number of hydrogen-bond donors (Lipinski definition) is 1. The molecular formula is C17H25Cl2N. The van der Waals surface area contributed by atoms with E-state index in [4.69, 9.17) is 23.2 Å². The Morgan fingerprint density at radius 2 is 1.90 bits per heavy atom. The summed E-state index contributed by atoms with van der Waals surface area (Å²) in [4.78, 5) is 0. The van der Waals surface area contributed by atoms with Gasteiger partial charge in [-0.05, 0) is 49.3 Å². The maximum absolute atomic E-state index is 6.30. The molecule has 20 heavy (non-hydrogen) atoms. The fourth-order valence-electron chi connectivity index (χ4n) is 3.28. The lowest BCUT2D eigenvalue weighted by Gasteiger charge is -2.34. The highest BCUT2D eigenvalue weighted by Crippen LogP contribution is 2.32. The minimum atomic E-state index is 0.274. The van der Waals surface area contributed by atoms with Crippen molar-refractivity contribution in [1.82, 2.24) is 5.32 Å². The Kier molecular flexibility index (Phi) is 5.77. The van der Waals surface area contributed by atoms with Gasteiger partial charge in [-0.15, -0.1) is 0 Å². The van der Waals surface area contributed by atoms with Gasteiger partial charge in [-0.25, -0.2) is 0 Å². The Labute approximate surface area is 133 Å². The summed E-state index contributed by atoms with van der Waals surface area (Å²) < 4.78 is 0. The molecule has 1 N–H and O–H groups in total. The summed E-state index contributed by atoms with van der Waals surface area (Å²) in [5.41, 5.74) is 1.14. The molecule has 1 aliphatic rings. The summed E-state index contributed by atoms with van der Waals surface area (Å²) in [6.07, 6.45) is 5.28. The quantitative estimate of drug-likeness (QED) is 0.734. The minimum absolute atomic E-state index is 0.274. The minimum Gasteiger partial charge on any atom is -0.307 e. The van der Waals surface area contributed by atoms with E-state index in [-0.39, 0.29) is 6.04 Å². The van der Waals surface area contributed by atoms with Crippen molar-refractivity contribution in [3.63, 3.8) is 0 Å². The van der Waals surface area contributed by atoms with Gasteiger partial charge in [0.1, 0.15) is 0 Å². The van der Waals surface area contributed by atoms with Crippen LogP contribution in [0.3, 0.4) is 0 Å². The van der Waals surface area contributed by atoms with Crippen LogP contribution < -0.4 is 5.32 Å². The highest BCUT2D eigenvalue weighted by atomic mass is 35.5. The van der Waals surface area contributed by atoms with Gasteiger partial charge in [0.05, 0.1) is 0 Å². The zero-order valence-electron chi connectivity index (χ0n) is 12.6. The van der Waals surface area contributed by atoms with Gasteiger partial charge in [0.2, 0.25) is 0 Å². The zero-order chi connectivity index (χ0) is 14.7. The summed E-state index contributed by atoms with van der Waals surface area (Å²) in [6, 6.07) is 6.66. The second kappa shape index (κ2) is 7.15. The van der Waals surface area contributed by atoms with Gasteiger partial charge in [0.25, 0.3) is 0 Å². The number of halogens is 2. The van der Waals surface area contributed by atoms with E-state index < -0.39 is 0 Å². The van der Waals surface area contributed by atoms with Gasteiger partial charge < -0.3 is 5.32 Å². The van der Waals surface area contributed by atoms with E-state index in [9.17, 15) is 0 Å². The van der Waals surface area contributed by atoms with Crippen molar-refractivity contribution < 1.29 is 0 Å². The SMILES string of the molecule is CC(NC1CCCC(C(C)C)C1)c1ccc(Cl)cc1Cl. The molecule has 0 heterocycles. The third-order valence-corrected chi connectivity index (χ3v) is 5.13. The third-order valence-electron chi connectivity index (χ3n) is 4.57. The van der Waals surface area contributed by atoms with E-state index in [2.05, 4.69) is 26.1 Å². The van der Waals surface area contributed by atoms with Crippen molar-refractivity contribution in [2.45, 2.75) is 58.5 Å². The standard InChI is InChI=1S/C17H25Cl2N/c1-11(2)13-5-4-6-15(9-13)20-12(3)16-8-7-14(18)10-17(16)19/h7-8,10-13,15,20H,4-6,9H2,1-3H3. The summed E-state index contributed by atoms with van der Waals surface area (Å²) in [6.45, 7) is 6.87. The van der Waals surface area contributed by atoms with Gasteiger partial charge in [0, 0.05) is 22.1 Å². The maximum atomic E-state index is 6.30. The molecule has 1 saturated carbocycles. The first-order valence-electron chi connectivity index (χ1n) is 7.68. The molecule has 2 rings (SSSR count). The molecule has 1 aliphatic carbocycles. The molecular weight excluding hydrogens is 289 g/mol. The lowest BCUT2D eigenvalue weighted by atomic mass is 9.79. The summed E-state index contributed by atoms with van der Waals surface area (Å²) in [5, 5.41) is 5.21. The van der Waals surface area contributed by atoms with Gasteiger partial charge in [-0.2, -0.15) is 0 Å². The van der Waals surface area contributed by atoms with Gasteiger partial charge in [-0.1, -0.05) is 56.0 Å². The van der Waals surface area contributed by atoms with E-state index >= 15 is 0 Å². The van der Waals surface area contributed by atoms with Crippen molar-refractivity contribution in [3.8, 4) is 0 Å². The smallest absolute Gasteiger partial charge is 0.0468 e. The molecule has 3 atom stereocenters. The number of benzene rings is 1. The highest BCUT2D eigenvalue weighted by molar-refractivity contribution is 6.35. The van der Waals surface area contributed by atoms with Crippen molar-refractivity contribution in [2.75, 3.05) is 0 Å². The van der Waals surface area contributed by atoms with E-state index in [0.717, 1.165) is 22.4 Å². The first-order valence-corrected chi connectivity index (χ1v) is 8.44. The number of nitrogens with one attached hydrogen (secondary N) is 1. The highest BCUT2D eigenvalue weighted by Gasteiger charge is 2.25. The van der Waals surface area contributed by atoms with Crippen molar-refractivity contribution in [1.29, 1.82) is 0 Å². The molecule has 0 bridgehead atoms. The molecule has 0 radical (unpaired) electrons. The van der Waals surface area contributed by atoms with Crippen LogP contribution in [0.1, 0.15) is 58.1 Å². The second-order valence-electron chi connectivity index (χ2n) is 6.42. The van der Waals surface area contributed by atoms with Crippen LogP contribution in [0.2, 0.25) is 10.0 Å². The zero-order valence-corrected chi connectivity index (χ0v) is 14.1. The monoisotopic (exact) mass is 313 g/mol. The van der Waals surface area contributed by atoms with E-state index in [1.807, 2.05) is 18.2 Å². The Balaban J connectivity index is 1.98. The van der Waals surface area contributed by atoms with Crippen LogP contribution in [0.4, 0.5) is 0 Å². The lowest BCUT2D eigenvalue weighted by molar-refractivity contribution is 0.223. The van der Waals surface area contributed by atoms with Crippen LogP contribution in [-0.2, 0) is 0 Å². The molecule has 0 spiro atoms. The predicted molar refractivity (Wildman–Crippen MR) is 88.6 cm³/mol. The second-order valence-corrected chi connectivity index (χ2v) is 7.27. The largest absolute Gasteiger partial charge is 0.307 e. The van der Waals surface area contributed by atoms with Crippen LogP contribution in [0.25, 0.3) is 0 Å². The van der Waals surface area contributed by atoms with Gasteiger partial charge in [0.15, 0.2) is 0 Å². The molecule has 0 amide bonds. The maximum Gasteiger partial charge on any atom is 0.0468 e. The third kappa shape index (κ3) is 4.13. The molecule has 0 aliphatic heterocycles. The van der Waals surface area contributed by atoms with Crippen molar-refractivity contribution in [2.24, 2.45) is 11.8 Å². The fraction of sp³-hybridized carbons (Fsp3) is 0.647. The Bertz CT molecular complexity index is 445. The number of hydrogen-bond acceptors (Lipinski definition) is 1. The summed E-state index contributed by atoms with van der Waals surface area (Å²) in [7, 11) is 0. The topological polar surface area (TPSA) is 12.0 Å². The Hall–Kier alpha value is -0.240.